The van der Waals surface area contributed by atoms with E-state index in [1.54, 1.807) is 6.07 Å². The summed E-state index contributed by atoms with van der Waals surface area (Å²) in [5, 5.41) is 2.82. The van der Waals surface area contributed by atoms with Gasteiger partial charge >= 0.3 is 5.97 Å². The van der Waals surface area contributed by atoms with Crippen LogP contribution in [0.4, 0.5) is 5.69 Å². The van der Waals surface area contributed by atoms with Gasteiger partial charge in [-0.25, -0.2) is 4.79 Å². The lowest BCUT2D eigenvalue weighted by atomic mass is 10.0. The number of anilines is 1. The number of carbonyl (C=O) groups is 2. The zero-order valence-electron chi connectivity index (χ0n) is 17.3. The minimum atomic E-state index is -0.615. The molecule has 154 valence electrons. The summed E-state index contributed by atoms with van der Waals surface area (Å²) in [4.78, 5) is 24.2. The lowest BCUT2D eigenvalue weighted by Gasteiger charge is -2.18. The van der Waals surface area contributed by atoms with Crippen molar-refractivity contribution in [1.29, 1.82) is 0 Å². The number of rotatable bonds is 7. The fraction of sp³-hybridized carbons (Fsp3) is 0.391. The minimum Gasteiger partial charge on any atom is -0.483 e. The van der Waals surface area contributed by atoms with E-state index in [4.69, 9.17) is 14.2 Å². The molecule has 0 saturated carbocycles. The lowest BCUT2D eigenvalue weighted by molar-refractivity contribution is -0.149. The summed E-state index contributed by atoms with van der Waals surface area (Å²) in [6, 6.07) is 11.4. The van der Waals surface area contributed by atoms with E-state index in [9.17, 15) is 9.59 Å². The van der Waals surface area contributed by atoms with Crippen molar-refractivity contribution >= 4 is 17.6 Å². The number of aryl methyl sites for hydroxylation is 2. The maximum Gasteiger partial charge on any atom is 0.344 e. The first-order valence-corrected chi connectivity index (χ1v) is 9.77. The Kier molecular flexibility index (Phi) is 6.11. The molecular formula is C23H27NO5. The van der Waals surface area contributed by atoms with Gasteiger partial charge in [0.25, 0.3) is 5.91 Å². The molecule has 0 aromatic heterocycles. The topological polar surface area (TPSA) is 73.9 Å². The Hall–Kier alpha value is -3.02. The average molecular weight is 397 g/mol. The maximum atomic E-state index is 12.2. The summed E-state index contributed by atoms with van der Waals surface area (Å²) in [6.07, 6.45) is 1.58. The van der Waals surface area contributed by atoms with Gasteiger partial charge in [0.2, 0.25) is 0 Å². The predicted molar refractivity (Wildman–Crippen MR) is 110 cm³/mol. The van der Waals surface area contributed by atoms with Crippen molar-refractivity contribution in [3.63, 3.8) is 0 Å². The second kappa shape index (κ2) is 8.55. The van der Waals surface area contributed by atoms with Crippen LogP contribution in [-0.2, 0) is 27.2 Å². The van der Waals surface area contributed by atoms with Crippen LogP contribution in [-0.4, -0.2) is 30.7 Å². The van der Waals surface area contributed by atoms with E-state index >= 15 is 0 Å². The highest BCUT2D eigenvalue weighted by Gasteiger charge is 2.32. The molecule has 2 aromatic carbocycles. The molecule has 2 aromatic rings. The van der Waals surface area contributed by atoms with Gasteiger partial charge in [-0.3, -0.25) is 4.79 Å². The van der Waals surface area contributed by atoms with Crippen LogP contribution in [0.1, 0.15) is 37.5 Å². The van der Waals surface area contributed by atoms with Crippen LogP contribution in [0.2, 0.25) is 0 Å². The Bertz CT molecular complexity index is 919. The van der Waals surface area contributed by atoms with Crippen LogP contribution in [0.15, 0.2) is 36.4 Å². The average Bonchev–Trinajstić information content (AvgIpc) is 3.00. The summed E-state index contributed by atoms with van der Waals surface area (Å²) >= 11 is 0. The molecule has 29 heavy (non-hydrogen) atoms. The van der Waals surface area contributed by atoms with Gasteiger partial charge in [0.1, 0.15) is 5.60 Å². The zero-order chi connectivity index (χ0) is 21.0. The van der Waals surface area contributed by atoms with Crippen molar-refractivity contribution < 1.29 is 23.8 Å². The molecule has 3 rings (SSSR count). The van der Waals surface area contributed by atoms with E-state index < -0.39 is 5.97 Å². The van der Waals surface area contributed by atoms with Crippen molar-refractivity contribution in [2.24, 2.45) is 0 Å². The number of ether oxygens (including phenoxy) is 3. The highest BCUT2D eigenvalue weighted by Crippen LogP contribution is 2.41. The Labute approximate surface area is 171 Å². The first kappa shape index (κ1) is 20.7. The first-order chi connectivity index (χ1) is 13.8. The number of amides is 1. The summed E-state index contributed by atoms with van der Waals surface area (Å²) < 4.78 is 16.5. The van der Waals surface area contributed by atoms with Crippen molar-refractivity contribution in [2.75, 3.05) is 18.5 Å². The summed E-state index contributed by atoms with van der Waals surface area (Å²) in [7, 11) is 0. The van der Waals surface area contributed by atoms with Crippen molar-refractivity contribution in [2.45, 2.75) is 46.1 Å². The van der Waals surface area contributed by atoms with E-state index in [-0.39, 0.29) is 24.7 Å². The molecule has 6 nitrogen and oxygen atoms in total. The Morgan fingerprint density at radius 1 is 1.14 bits per heavy atom. The third kappa shape index (κ3) is 5.08. The second-order valence-corrected chi connectivity index (χ2v) is 7.74. The number of fused-ring (bicyclic) bond motifs is 1. The zero-order valence-corrected chi connectivity index (χ0v) is 17.3. The maximum absolute atomic E-state index is 12.2. The molecule has 1 aliphatic heterocycles. The summed E-state index contributed by atoms with van der Waals surface area (Å²) in [6.45, 7) is 7.29. The summed E-state index contributed by atoms with van der Waals surface area (Å²) in [5.41, 5.74) is 3.52. The molecule has 6 heteroatoms. The van der Waals surface area contributed by atoms with Gasteiger partial charge in [-0.05, 0) is 44.4 Å². The van der Waals surface area contributed by atoms with E-state index in [1.807, 2.05) is 58.0 Å². The molecule has 0 bridgehead atoms. The highest BCUT2D eigenvalue weighted by molar-refractivity contribution is 5.94. The van der Waals surface area contributed by atoms with Gasteiger partial charge in [0.05, 0.1) is 0 Å². The SMILES string of the molecule is CCc1cccc(C)c1NC(=O)COC(=O)COc1cccc2c1OC(C)(C)C2. The Morgan fingerprint density at radius 2 is 1.90 bits per heavy atom. The molecule has 1 aliphatic rings. The molecule has 0 atom stereocenters. The Balaban J connectivity index is 1.51. The monoisotopic (exact) mass is 397 g/mol. The molecule has 1 amide bonds. The molecule has 0 aliphatic carbocycles. The van der Waals surface area contributed by atoms with Crippen LogP contribution in [0.5, 0.6) is 11.5 Å². The molecule has 0 unspecified atom stereocenters. The van der Waals surface area contributed by atoms with Gasteiger partial charge in [0.15, 0.2) is 24.7 Å². The van der Waals surface area contributed by atoms with E-state index in [0.717, 1.165) is 35.2 Å². The van der Waals surface area contributed by atoms with Gasteiger partial charge in [-0.15, -0.1) is 0 Å². The highest BCUT2D eigenvalue weighted by atomic mass is 16.6. The number of carbonyl (C=O) groups excluding carboxylic acids is 2. The fourth-order valence-corrected chi connectivity index (χ4v) is 3.40. The smallest absolute Gasteiger partial charge is 0.344 e. The quantitative estimate of drug-likeness (QED) is 0.719. The van der Waals surface area contributed by atoms with Crippen molar-refractivity contribution in [1.82, 2.24) is 0 Å². The number of para-hydroxylation sites is 2. The molecule has 1 N–H and O–H groups in total. The molecule has 0 saturated heterocycles. The second-order valence-electron chi connectivity index (χ2n) is 7.74. The minimum absolute atomic E-state index is 0.294. The molecular weight excluding hydrogens is 370 g/mol. The van der Waals surface area contributed by atoms with E-state index in [0.29, 0.717) is 11.5 Å². The number of benzene rings is 2. The summed E-state index contributed by atoms with van der Waals surface area (Å²) in [5.74, 6) is 0.167. The largest absolute Gasteiger partial charge is 0.483 e. The first-order valence-electron chi connectivity index (χ1n) is 9.77. The number of esters is 1. The number of hydrogen-bond donors (Lipinski definition) is 1. The predicted octanol–water partition coefficient (Wildman–Crippen LogP) is 3.83. The molecule has 0 radical (unpaired) electrons. The van der Waals surface area contributed by atoms with Gasteiger partial charge in [-0.1, -0.05) is 37.3 Å². The van der Waals surface area contributed by atoms with Gasteiger partial charge in [-0.2, -0.15) is 0 Å². The number of nitrogens with one attached hydrogen (secondary N) is 1. The standard InChI is InChI=1S/C23H27NO5/c1-5-16-9-6-8-15(2)21(16)24-19(25)13-28-20(26)14-27-18-11-7-10-17-12-23(3,4)29-22(17)18/h6-11H,5,12-14H2,1-4H3,(H,24,25). The normalized spacial score (nSPS) is 13.9. The van der Waals surface area contributed by atoms with Crippen molar-refractivity contribution in [3.05, 3.63) is 53.1 Å². The van der Waals surface area contributed by atoms with Crippen LogP contribution in [0.25, 0.3) is 0 Å². The van der Waals surface area contributed by atoms with Crippen LogP contribution in [0, 0.1) is 6.92 Å². The Morgan fingerprint density at radius 3 is 2.66 bits per heavy atom. The van der Waals surface area contributed by atoms with Gasteiger partial charge < -0.3 is 19.5 Å². The van der Waals surface area contributed by atoms with Gasteiger partial charge in [0, 0.05) is 17.7 Å². The van der Waals surface area contributed by atoms with Crippen LogP contribution >= 0.6 is 0 Å². The van der Waals surface area contributed by atoms with E-state index in [2.05, 4.69) is 5.32 Å². The lowest BCUT2D eigenvalue weighted by Crippen LogP contribution is -2.25. The van der Waals surface area contributed by atoms with E-state index in [1.165, 1.54) is 0 Å². The third-order valence-corrected chi connectivity index (χ3v) is 4.77. The van der Waals surface area contributed by atoms with Crippen molar-refractivity contribution in [3.8, 4) is 11.5 Å². The molecule has 0 spiro atoms. The van der Waals surface area contributed by atoms with Crippen LogP contribution in [0.3, 0.4) is 0 Å². The molecule has 0 fully saturated rings. The fourth-order valence-electron chi connectivity index (χ4n) is 3.40. The number of hydrogen-bond acceptors (Lipinski definition) is 5. The third-order valence-electron chi connectivity index (χ3n) is 4.77. The molecule has 1 heterocycles. The van der Waals surface area contributed by atoms with Crippen LogP contribution < -0.4 is 14.8 Å².